The third kappa shape index (κ3) is 2.27. The first-order valence-electron chi connectivity index (χ1n) is 5.27. The van der Waals surface area contributed by atoms with Gasteiger partial charge in [-0.15, -0.1) is 0 Å². The van der Waals surface area contributed by atoms with Gasteiger partial charge in [-0.3, -0.25) is 14.5 Å². The van der Waals surface area contributed by atoms with Gasteiger partial charge in [0.15, 0.2) is 0 Å². The lowest BCUT2D eigenvalue weighted by atomic mass is 10.2. The summed E-state index contributed by atoms with van der Waals surface area (Å²) >= 11 is 0. The molecule has 0 bridgehead atoms. The number of hydrogen-bond donors (Lipinski definition) is 0. The standard InChI is InChI=1S/C12H12FNO3/c1-17-10-3-2-9(13)6-8(10)7-14-11(15)4-5-12(14)16/h2-3,6H,4-5,7H2,1H3. The molecule has 5 heteroatoms. The molecule has 1 heterocycles. The van der Waals surface area contributed by atoms with Crippen molar-refractivity contribution in [3.63, 3.8) is 0 Å². The molecule has 2 amide bonds. The van der Waals surface area contributed by atoms with Gasteiger partial charge in [0, 0.05) is 18.4 Å². The van der Waals surface area contributed by atoms with Crippen molar-refractivity contribution in [2.45, 2.75) is 19.4 Å². The minimum absolute atomic E-state index is 0.0681. The summed E-state index contributed by atoms with van der Waals surface area (Å²) in [5.41, 5.74) is 0.496. The van der Waals surface area contributed by atoms with Crippen molar-refractivity contribution in [2.75, 3.05) is 7.11 Å². The van der Waals surface area contributed by atoms with Crippen molar-refractivity contribution in [1.82, 2.24) is 4.90 Å². The van der Waals surface area contributed by atoms with E-state index < -0.39 is 5.82 Å². The summed E-state index contributed by atoms with van der Waals surface area (Å²) in [6.07, 6.45) is 0.465. The van der Waals surface area contributed by atoms with Crippen LogP contribution >= 0.6 is 0 Å². The second kappa shape index (κ2) is 4.53. The molecule has 0 N–H and O–H groups in total. The fourth-order valence-corrected chi connectivity index (χ4v) is 1.84. The second-order valence-corrected chi connectivity index (χ2v) is 3.83. The summed E-state index contributed by atoms with van der Waals surface area (Å²) in [6, 6.07) is 4.03. The number of imide groups is 1. The van der Waals surface area contributed by atoms with E-state index >= 15 is 0 Å². The van der Waals surface area contributed by atoms with E-state index in [1.807, 2.05) is 0 Å². The lowest BCUT2D eigenvalue weighted by Gasteiger charge is -2.16. The Balaban J connectivity index is 2.25. The molecule has 1 aromatic carbocycles. The molecule has 17 heavy (non-hydrogen) atoms. The number of halogens is 1. The van der Waals surface area contributed by atoms with Crippen LogP contribution in [0.1, 0.15) is 18.4 Å². The highest BCUT2D eigenvalue weighted by atomic mass is 19.1. The number of amides is 2. The lowest BCUT2D eigenvalue weighted by Crippen LogP contribution is -2.28. The summed E-state index contributed by atoms with van der Waals surface area (Å²) < 4.78 is 18.2. The molecule has 0 aliphatic carbocycles. The van der Waals surface area contributed by atoms with Crippen molar-refractivity contribution < 1.29 is 18.7 Å². The first-order valence-corrected chi connectivity index (χ1v) is 5.27. The van der Waals surface area contributed by atoms with Crippen LogP contribution in [0.2, 0.25) is 0 Å². The molecule has 0 aromatic heterocycles. The van der Waals surface area contributed by atoms with Crippen LogP contribution in [0, 0.1) is 5.82 Å². The normalized spacial score (nSPS) is 15.5. The van der Waals surface area contributed by atoms with Gasteiger partial charge >= 0.3 is 0 Å². The predicted octanol–water partition coefficient (Wildman–Crippen LogP) is 1.48. The van der Waals surface area contributed by atoms with Crippen molar-refractivity contribution >= 4 is 11.8 Å². The van der Waals surface area contributed by atoms with Crippen molar-refractivity contribution in [1.29, 1.82) is 0 Å². The average molecular weight is 237 g/mol. The van der Waals surface area contributed by atoms with Gasteiger partial charge in [0.25, 0.3) is 0 Å². The van der Waals surface area contributed by atoms with E-state index in [1.165, 1.54) is 25.3 Å². The second-order valence-electron chi connectivity index (χ2n) is 3.83. The quantitative estimate of drug-likeness (QED) is 0.748. The topological polar surface area (TPSA) is 46.6 Å². The first-order chi connectivity index (χ1) is 8.11. The number of hydrogen-bond acceptors (Lipinski definition) is 3. The summed E-state index contributed by atoms with van der Waals surface area (Å²) in [6.45, 7) is 0.0681. The molecule has 0 unspecified atom stereocenters. The van der Waals surface area contributed by atoms with Crippen molar-refractivity contribution in [2.24, 2.45) is 0 Å². The number of likely N-dealkylation sites (tertiary alicyclic amines) is 1. The largest absolute Gasteiger partial charge is 0.496 e. The number of nitrogens with zero attached hydrogens (tertiary/aromatic N) is 1. The van der Waals surface area contributed by atoms with Gasteiger partial charge in [-0.1, -0.05) is 0 Å². The molecule has 0 saturated carbocycles. The van der Waals surface area contributed by atoms with Gasteiger partial charge in [0.05, 0.1) is 13.7 Å². The van der Waals surface area contributed by atoms with Gasteiger partial charge in [0.2, 0.25) is 11.8 Å². The predicted molar refractivity (Wildman–Crippen MR) is 57.7 cm³/mol. The van der Waals surface area contributed by atoms with E-state index in [-0.39, 0.29) is 31.2 Å². The molecular weight excluding hydrogens is 225 g/mol. The number of benzene rings is 1. The molecule has 90 valence electrons. The lowest BCUT2D eigenvalue weighted by molar-refractivity contribution is -0.139. The molecule has 1 aromatic rings. The van der Waals surface area contributed by atoms with Gasteiger partial charge in [0.1, 0.15) is 11.6 Å². The van der Waals surface area contributed by atoms with Crippen LogP contribution in [0.3, 0.4) is 0 Å². The number of ether oxygens (including phenoxy) is 1. The smallest absolute Gasteiger partial charge is 0.230 e. The summed E-state index contributed by atoms with van der Waals surface area (Å²) in [5.74, 6) is -0.388. The Bertz CT molecular complexity index is 457. The molecule has 1 saturated heterocycles. The fraction of sp³-hybridized carbons (Fsp3) is 0.333. The SMILES string of the molecule is COc1ccc(F)cc1CN1C(=O)CCC1=O. The minimum Gasteiger partial charge on any atom is -0.496 e. The highest BCUT2D eigenvalue weighted by Crippen LogP contribution is 2.23. The maximum absolute atomic E-state index is 13.1. The number of carbonyl (C=O) groups excluding carboxylic acids is 2. The Kier molecular flexibility index (Phi) is 3.08. The van der Waals surface area contributed by atoms with Crippen molar-refractivity contribution in [3.8, 4) is 5.75 Å². The molecule has 2 rings (SSSR count). The highest BCUT2D eigenvalue weighted by molar-refractivity contribution is 6.01. The summed E-state index contributed by atoms with van der Waals surface area (Å²) in [4.78, 5) is 24.0. The minimum atomic E-state index is -0.417. The third-order valence-electron chi connectivity index (χ3n) is 2.73. The first kappa shape index (κ1) is 11.6. The van der Waals surface area contributed by atoms with Gasteiger partial charge in [-0.25, -0.2) is 4.39 Å². The van der Waals surface area contributed by atoms with Crippen LogP contribution in [-0.4, -0.2) is 23.8 Å². The average Bonchev–Trinajstić information content (AvgIpc) is 2.61. The summed E-state index contributed by atoms with van der Waals surface area (Å²) in [5, 5.41) is 0. The number of methoxy groups -OCH3 is 1. The monoisotopic (exact) mass is 237 g/mol. The Labute approximate surface area is 98.0 Å². The van der Waals surface area contributed by atoms with Gasteiger partial charge in [-0.2, -0.15) is 0 Å². The zero-order valence-corrected chi connectivity index (χ0v) is 9.40. The van der Waals surface area contributed by atoms with E-state index in [0.29, 0.717) is 11.3 Å². The van der Waals surface area contributed by atoms with Crippen LogP contribution in [0.4, 0.5) is 4.39 Å². The van der Waals surface area contributed by atoms with Crippen LogP contribution in [0.25, 0.3) is 0 Å². The molecule has 4 nitrogen and oxygen atoms in total. The highest BCUT2D eigenvalue weighted by Gasteiger charge is 2.29. The molecule has 1 aliphatic heterocycles. The van der Waals surface area contributed by atoms with E-state index in [1.54, 1.807) is 0 Å². The zero-order valence-electron chi connectivity index (χ0n) is 9.40. The zero-order chi connectivity index (χ0) is 12.4. The van der Waals surface area contributed by atoms with Crippen LogP contribution in [-0.2, 0) is 16.1 Å². The van der Waals surface area contributed by atoms with Crippen LogP contribution in [0.5, 0.6) is 5.75 Å². The van der Waals surface area contributed by atoms with Crippen LogP contribution < -0.4 is 4.74 Å². The Morgan fingerprint density at radius 2 is 1.94 bits per heavy atom. The molecular formula is C12H12FNO3. The Hall–Kier alpha value is -1.91. The molecule has 0 atom stereocenters. The van der Waals surface area contributed by atoms with E-state index in [4.69, 9.17) is 4.74 Å². The Morgan fingerprint density at radius 1 is 1.29 bits per heavy atom. The maximum atomic E-state index is 13.1. The molecule has 0 radical (unpaired) electrons. The number of carbonyl (C=O) groups is 2. The summed E-state index contributed by atoms with van der Waals surface area (Å²) in [7, 11) is 1.46. The van der Waals surface area contributed by atoms with E-state index in [0.717, 1.165) is 4.90 Å². The maximum Gasteiger partial charge on any atom is 0.230 e. The fourth-order valence-electron chi connectivity index (χ4n) is 1.84. The molecule has 1 fully saturated rings. The van der Waals surface area contributed by atoms with E-state index in [9.17, 15) is 14.0 Å². The van der Waals surface area contributed by atoms with E-state index in [2.05, 4.69) is 0 Å². The van der Waals surface area contributed by atoms with Gasteiger partial charge in [-0.05, 0) is 18.2 Å². The third-order valence-corrected chi connectivity index (χ3v) is 2.73. The van der Waals surface area contributed by atoms with Crippen molar-refractivity contribution in [3.05, 3.63) is 29.6 Å². The van der Waals surface area contributed by atoms with Crippen LogP contribution in [0.15, 0.2) is 18.2 Å². The van der Waals surface area contributed by atoms with Gasteiger partial charge < -0.3 is 4.74 Å². The Morgan fingerprint density at radius 3 is 2.53 bits per heavy atom. The molecule has 1 aliphatic rings. The number of rotatable bonds is 3. The molecule has 0 spiro atoms.